The molecule has 4 nitrogen and oxygen atoms in total. The van der Waals surface area contributed by atoms with Gasteiger partial charge in [-0.25, -0.2) is 0 Å². The van der Waals surface area contributed by atoms with Crippen LogP contribution in [-0.2, 0) is 19.1 Å². The fourth-order valence-electron chi connectivity index (χ4n) is 4.59. The summed E-state index contributed by atoms with van der Waals surface area (Å²) in [6.07, 6.45) is 7.15. The van der Waals surface area contributed by atoms with Crippen LogP contribution in [0.3, 0.4) is 0 Å². The maximum absolute atomic E-state index is 12.1. The van der Waals surface area contributed by atoms with Crippen molar-refractivity contribution in [2.24, 2.45) is 23.2 Å². The van der Waals surface area contributed by atoms with E-state index in [4.69, 9.17) is 0 Å². The predicted molar refractivity (Wildman–Crippen MR) is 61.5 cm³/mol. The number of carbonyl (C=O) groups is 1. The van der Waals surface area contributed by atoms with Gasteiger partial charge in [-0.05, 0) is 56.3 Å². The first kappa shape index (κ1) is 11.5. The maximum atomic E-state index is 12.1. The lowest BCUT2D eigenvalue weighted by atomic mass is 9.49. The van der Waals surface area contributed by atoms with E-state index < -0.39 is 21.5 Å². The Kier molecular flexibility index (Phi) is 2.35. The standard InChI is InChI=1S/C12H18O4S/c1-17(14,15)16-11(13)12-5-8-2-9(6-12)4-10(3-8)7-12/h8-10H,2-7H2,1H3. The van der Waals surface area contributed by atoms with E-state index in [-0.39, 0.29) is 0 Å². The molecule has 0 atom stereocenters. The molecule has 96 valence electrons. The van der Waals surface area contributed by atoms with Crippen molar-refractivity contribution in [3.8, 4) is 0 Å². The highest BCUT2D eigenvalue weighted by Gasteiger charge is 2.56. The zero-order valence-corrected chi connectivity index (χ0v) is 10.8. The van der Waals surface area contributed by atoms with Crippen LogP contribution in [0.5, 0.6) is 0 Å². The Morgan fingerprint density at radius 1 is 1.06 bits per heavy atom. The normalized spacial score (nSPS) is 43.7. The van der Waals surface area contributed by atoms with Gasteiger partial charge in [-0.3, -0.25) is 4.79 Å². The van der Waals surface area contributed by atoms with Gasteiger partial charge >= 0.3 is 16.1 Å². The molecule has 0 N–H and O–H groups in total. The van der Waals surface area contributed by atoms with Gasteiger partial charge in [0.2, 0.25) is 0 Å². The van der Waals surface area contributed by atoms with Gasteiger partial charge in [0, 0.05) is 0 Å². The molecule has 0 saturated heterocycles. The molecular weight excluding hydrogens is 240 g/mol. The van der Waals surface area contributed by atoms with Gasteiger partial charge in [0.05, 0.1) is 11.7 Å². The summed E-state index contributed by atoms with van der Waals surface area (Å²) in [5.74, 6) is 1.37. The van der Waals surface area contributed by atoms with Gasteiger partial charge in [0.15, 0.2) is 0 Å². The molecule has 0 aliphatic heterocycles. The summed E-state index contributed by atoms with van der Waals surface area (Å²) >= 11 is 0. The van der Waals surface area contributed by atoms with Crippen LogP contribution >= 0.6 is 0 Å². The first-order valence-electron chi connectivity index (χ1n) is 6.30. The molecule has 0 heterocycles. The van der Waals surface area contributed by atoms with Crippen LogP contribution in [0.2, 0.25) is 0 Å². The molecule has 17 heavy (non-hydrogen) atoms. The van der Waals surface area contributed by atoms with Crippen LogP contribution in [0, 0.1) is 23.2 Å². The van der Waals surface area contributed by atoms with Crippen molar-refractivity contribution >= 4 is 16.1 Å². The molecule has 4 saturated carbocycles. The van der Waals surface area contributed by atoms with Crippen molar-refractivity contribution in [3.05, 3.63) is 0 Å². The van der Waals surface area contributed by atoms with E-state index >= 15 is 0 Å². The van der Waals surface area contributed by atoms with Gasteiger partial charge in [-0.15, -0.1) is 0 Å². The van der Waals surface area contributed by atoms with E-state index in [0.29, 0.717) is 17.8 Å². The summed E-state index contributed by atoms with van der Waals surface area (Å²) in [5, 5.41) is 0. The molecule has 4 aliphatic carbocycles. The van der Waals surface area contributed by atoms with E-state index in [1.165, 1.54) is 19.3 Å². The van der Waals surface area contributed by atoms with Crippen molar-refractivity contribution in [3.63, 3.8) is 0 Å². The van der Waals surface area contributed by atoms with Gasteiger partial charge < -0.3 is 4.18 Å². The maximum Gasteiger partial charge on any atom is 0.328 e. The Hall–Kier alpha value is -0.580. The summed E-state index contributed by atoms with van der Waals surface area (Å²) in [6.45, 7) is 0. The average Bonchev–Trinajstić information content (AvgIpc) is 2.12. The van der Waals surface area contributed by atoms with Gasteiger partial charge in [0.1, 0.15) is 0 Å². The third kappa shape index (κ3) is 1.98. The Labute approximate surface area is 102 Å². The van der Waals surface area contributed by atoms with E-state index in [1.54, 1.807) is 0 Å². The van der Waals surface area contributed by atoms with E-state index in [9.17, 15) is 13.2 Å². The Bertz CT molecular complexity index is 416. The minimum Gasteiger partial charge on any atom is -0.345 e. The minimum absolute atomic E-state index is 0.474. The Morgan fingerprint density at radius 3 is 1.82 bits per heavy atom. The van der Waals surface area contributed by atoms with Crippen molar-refractivity contribution < 1.29 is 17.4 Å². The minimum atomic E-state index is -3.67. The summed E-state index contributed by atoms with van der Waals surface area (Å²) in [6, 6.07) is 0. The van der Waals surface area contributed by atoms with Crippen LogP contribution in [0.1, 0.15) is 38.5 Å². The highest BCUT2D eigenvalue weighted by Crippen LogP contribution is 2.60. The molecule has 4 aliphatic rings. The van der Waals surface area contributed by atoms with Gasteiger partial charge in [0.25, 0.3) is 0 Å². The van der Waals surface area contributed by atoms with Crippen LogP contribution < -0.4 is 0 Å². The second-order valence-corrected chi connectivity index (χ2v) is 7.85. The quantitative estimate of drug-likeness (QED) is 0.707. The lowest BCUT2D eigenvalue weighted by Gasteiger charge is -2.54. The van der Waals surface area contributed by atoms with E-state index in [2.05, 4.69) is 4.18 Å². The molecule has 0 unspecified atom stereocenters. The van der Waals surface area contributed by atoms with Crippen molar-refractivity contribution in [2.75, 3.05) is 6.26 Å². The first-order valence-corrected chi connectivity index (χ1v) is 8.12. The zero-order chi connectivity index (χ0) is 12.3. The number of hydrogen-bond acceptors (Lipinski definition) is 4. The topological polar surface area (TPSA) is 60.4 Å². The van der Waals surface area contributed by atoms with Gasteiger partial charge in [-0.2, -0.15) is 8.42 Å². The summed E-state index contributed by atoms with van der Waals surface area (Å²) < 4.78 is 26.8. The fourth-order valence-corrected chi connectivity index (χ4v) is 5.04. The monoisotopic (exact) mass is 258 g/mol. The molecular formula is C12H18O4S. The van der Waals surface area contributed by atoms with Crippen LogP contribution in [-0.4, -0.2) is 20.6 Å². The SMILES string of the molecule is CS(=O)(=O)OC(=O)C12CC3CC(CC(C3)C1)C2. The average molecular weight is 258 g/mol. The largest absolute Gasteiger partial charge is 0.345 e. The molecule has 4 bridgehead atoms. The molecule has 0 aromatic heterocycles. The highest BCUT2D eigenvalue weighted by molar-refractivity contribution is 7.86. The van der Waals surface area contributed by atoms with Crippen molar-refractivity contribution in [2.45, 2.75) is 38.5 Å². The highest BCUT2D eigenvalue weighted by atomic mass is 32.2. The smallest absolute Gasteiger partial charge is 0.328 e. The zero-order valence-electron chi connectivity index (χ0n) is 10.0. The molecule has 0 amide bonds. The lowest BCUT2D eigenvalue weighted by Crippen LogP contribution is -2.50. The molecule has 0 radical (unpaired) electrons. The number of rotatable bonds is 2. The lowest BCUT2D eigenvalue weighted by molar-refractivity contribution is -0.160. The van der Waals surface area contributed by atoms with Crippen molar-refractivity contribution in [1.82, 2.24) is 0 Å². The van der Waals surface area contributed by atoms with Crippen LogP contribution in [0.4, 0.5) is 0 Å². The van der Waals surface area contributed by atoms with Gasteiger partial charge in [-0.1, -0.05) is 0 Å². The molecule has 0 aromatic carbocycles. The summed E-state index contributed by atoms with van der Waals surface area (Å²) in [7, 11) is -3.67. The fraction of sp³-hybridized carbons (Fsp3) is 0.917. The van der Waals surface area contributed by atoms with E-state index in [1.807, 2.05) is 0 Å². The van der Waals surface area contributed by atoms with Crippen LogP contribution in [0.15, 0.2) is 0 Å². The summed E-state index contributed by atoms with van der Waals surface area (Å²) in [5.41, 5.74) is -0.474. The number of hydrogen-bond donors (Lipinski definition) is 0. The molecule has 0 spiro atoms. The third-order valence-electron chi connectivity index (χ3n) is 4.70. The second kappa shape index (κ2) is 3.46. The van der Waals surface area contributed by atoms with E-state index in [0.717, 1.165) is 25.5 Å². The Morgan fingerprint density at radius 2 is 1.47 bits per heavy atom. The summed E-state index contributed by atoms with van der Waals surface area (Å²) in [4.78, 5) is 12.1. The predicted octanol–water partition coefficient (Wildman–Crippen LogP) is 1.71. The molecule has 0 aromatic rings. The first-order chi connectivity index (χ1) is 7.86. The molecule has 5 heteroatoms. The Balaban J connectivity index is 1.84. The van der Waals surface area contributed by atoms with Crippen molar-refractivity contribution in [1.29, 1.82) is 0 Å². The van der Waals surface area contributed by atoms with Crippen LogP contribution in [0.25, 0.3) is 0 Å². The molecule has 4 fully saturated rings. The number of carbonyl (C=O) groups excluding carboxylic acids is 1. The third-order valence-corrected chi connectivity index (χ3v) is 5.15. The molecule has 4 rings (SSSR count). The second-order valence-electron chi connectivity index (χ2n) is 6.27.